The van der Waals surface area contributed by atoms with Gasteiger partial charge in [0, 0.05) is 12.1 Å². The maximum Gasteiger partial charge on any atom is 0.331 e. The number of anilines is 2. The summed E-state index contributed by atoms with van der Waals surface area (Å²) in [4.78, 5) is 26.1. The van der Waals surface area contributed by atoms with Crippen LogP contribution in [0.25, 0.3) is 0 Å². The Labute approximate surface area is 161 Å². The Morgan fingerprint density at radius 3 is 2.67 bits per heavy atom. The molecule has 27 heavy (non-hydrogen) atoms. The van der Waals surface area contributed by atoms with Gasteiger partial charge in [-0.25, -0.2) is 4.79 Å². The summed E-state index contributed by atoms with van der Waals surface area (Å²) in [5.74, 6) is 0.536. The number of methoxy groups -OCH3 is 2. The Kier molecular flexibility index (Phi) is 5.41. The second-order valence-electron chi connectivity index (χ2n) is 6.04. The molecule has 1 N–H and O–H groups in total. The van der Waals surface area contributed by atoms with Crippen molar-refractivity contribution in [3.63, 3.8) is 0 Å². The third-order valence-corrected chi connectivity index (χ3v) is 4.38. The standard InChI is InChI=1S/C19H19ClN2O5/c1-11-4-5-14-17(6-11)27-19(24)10-22(14)9-18(23)21-13-8-15(25-2)12(20)7-16(13)26-3/h4-8H,9-10H2,1-3H3,(H,21,23). The number of benzene rings is 2. The first-order valence-corrected chi connectivity index (χ1v) is 8.56. The Balaban J connectivity index is 1.80. The van der Waals surface area contributed by atoms with Crippen LogP contribution in [0.15, 0.2) is 30.3 Å². The number of carbonyl (C=O) groups is 2. The fourth-order valence-electron chi connectivity index (χ4n) is 2.82. The molecule has 2 aromatic rings. The number of rotatable bonds is 5. The smallest absolute Gasteiger partial charge is 0.331 e. The quantitative estimate of drug-likeness (QED) is 0.624. The first-order chi connectivity index (χ1) is 12.9. The highest BCUT2D eigenvalue weighted by Crippen LogP contribution is 2.36. The van der Waals surface area contributed by atoms with E-state index in [1.165, 1.54) is 14.2 Å². The number of nitrogens with one attached hydrogen (secondary N) is 1. The Hall–Kier alpha value is -2.93. The minimum absolute atomic E-state index is 0.00937. The van der Waals surface area contributed by atoms with Gasteiger partial charge in [0.05, 0.1) is 37.2 Å². The van der Waals surface area contributed by atoms with Gasteiger partial charge in [0.2, 0.25) is 5.91 Å². The molecule has 1 amide bonds. The van der Waals surface area contributed by atoms with Gasteiger partial charge in [0.25, 0.3) is 0 Å². The maximum atomic E-state index is 12.6. The monoisotopic (exact) mass is 390 g/mol. The van der Waals surface area contributed by atoms with Crippen LogP contribution in [0.3, 0.4) is 0 Å². The minimum atomic E-state index is -0.411. The first-order valence-electron chi connectivity index (χ1n) is 8.19. The van der Waals surface area contributed by atoms with Crippen molar-refractivity contribution in [2.45, 2.75) is 6.92 Å². The van der Waals surface area contributed by atoms with Gasteiger partial charge in [-0.2, -0.15) is 0 Å². The van der Waals surface area contributed by atoms with Crippen molar-refractivity contribution in [2.24, 2.45) is 0 Å². The maximum absolute atomic E-state index is 12.6. The Bertz CT molecular complexity index is 900. The summed E-state index contributed by atoms with van der Waals surface area (Å²) >= 11 is 6.08. The zero-order chi connectivity index (χ0) is 19.6. The van der Waals surface area contributed by atoms with Crippen LogP contribution in [0.1, 0.15) is 5.56 Å². The lowest BCUT2D eigenvalue weighted by atomic mass is 10.1. The number of amides is 1. The van der Waals surface area contributed by atoms with Crippen molar-refractivity contribution in [2.75, 3.05) is 37.5 Å². The number of aryl methyl sites for hydroxylation is 1. The van der Waals surface area contributed by atoms with Crippen molar-refractivity contribution < 1.29 is 23.8 Å². The van der Waals surface area contributed by atoms with E-state index in [1.807, 2.05) is 19.1 Å². The summed E-state index contributed by atoms with van der Waals surface area (Å²) in [5, 5.41) is 3.14. The van der Waals surface area contributed by atoms with E-state index < -0.39 is 5.97 Å². The molecule has 3 rings (SSSR count). The lowest BCUT2D eigenvalue weighted by Crippen LogP contribution is -2.41. The zero-order valence-electron chi connectivity index (χ0n) is 15.2. The lowest BCUT2D eigenvalue weighted by Gasteiger charge is -2.29. The molecule has 0 saturated heterocycles. The molecule has 0 saturated carbocycles. The third kappa shape index (κ3) is 4.09. The fourth-order valence-corrected chi connectivity index (χ4v) is 3.05. The van der Waals surface area contributed by atoms with Gasteiger partial charge in [-0.05, 0) is 24.6 Å². The second kappa shape index (κ2) is 7.75. The predicted molar refractivity (Wildman–Crippen MR) is 102 cm³/mol. The largest absolute Gasteiger partial charge is 0.495 e. The van der Waals surface area contributed by atoms with E-state index in [9.17, 15) is 9.59 Å². The van der Waals surface area contributed by atoms with Gasteiger partial charge in [0.1, 0.15) is 18.0 Å². The van der Waals surface area contributed by atoms with E-state index >= 15 is 0 Å². The molecule has 0 spiro atoms. The highest BCUT2D eigenvalue weighted by atomic mass is 35.5. The second-order valence-corrected chi connectivity index (χ2v) is 6.44. The van der Waals surface area contributed by atoms with Gasteiger partial charge >= 0.3 is 5.97 Å². The van der Waals surface area contributed by atoms with Crippen molar-refractivity contribution >= 4 is 34.9 Å². The number of fused-ring (bicyclic) bond motifs is 1. The molecule has 1 aliphatic rings. The van der Waals surface area contributed by atoms with Crippen molar-refractivity contribution in [3.8, 4) is 17.2 Å². The number of esters is 1. The van der Waals surface area contributed by atoms with Crippen LogP contribution in [-0.4, -0.2) is 39.2 Å². The number of hydrogen-bond acceptors (Lipinski definition) is 6. The van der Waals surface area contributed by atoms with E-state index in [4.69, 9.17) is 25.8 Å². The average molecular weight is 391 g/mol. The highest BCUT2D eigenvalue weighted by Gasteiger charge is 2.26. The molecule has 0 aromatic heterocycles. The molecule has 0 fully saturated rings. The summed E-state index contributed by atoms with van der Waals surface area (Å²) < 4.78 is 15.7. The topological polar surface area (TPSA) is 77.1 Å². The first kappa shape index (κ1) is 18.8. The summed E-state index contributed by atoms with van der Waals surface area (Å²) in [6, 6.07) is 8.64. The Morgan fingerprint density at radius 1 is 1.22 bits per heavy atom. The predicted octanol–water partition coefficient (Wildman–Crippen LogP) is 3.03. The lowest BCUT2D eigenvalue weighted by molar-refractivity contribution is -0.133. The number of halogens is 1. The molecule has 0 atom stereocenters. The number of hydrogen-bond donors (Lipinski definition) is 1. The van der Waals surface area contributed by atoms with Crippen molar-refractivity contribution in [3.05, 3.63) is 40.9 Å². The molecule has 8 heteroatoms. The van der Waals surface area contributed by atoms with E-state index in [-0.39, 0.29) is 19.0 Å². The van der Waals surface area contributed by atoms with E-state index in [0.717, 1.165) is 5.56 Å². The molecule has 7 nitrogen and oxygen atoms in total. The molecular formula is C19H19ClN2O5. The molecule has 0 radical (unpaired) electrons. The summed E-state index contributed by atoms with van der Waals surface area (Å²) in [5.41, 5.74) is 2.08. The van der Waals surface area contributed by atoms with Crippen LogP contribution < -0.4 is 24.4 Å². The molecular weight excluding hydrogens is 372 g/mol. The van der Waals surface area contributed by atoms with Crippen LogP contribution in [0.4, 0.5) is 11.4 Å². The van der Waals surface area contributed by atoms with Crippen molar-refractivity contribution in [1.82, 2.24) is 0 Å². The van der Waals surface area contributed by atoms with E-state index in [2.05, 4.69) is 5.32 Å². The number of ether oxygens (including phenoxy) is 3. The van der Waals surface area contributed by atoms with Crippen LogP contribution in [0.2, 0.25) is 5.02 Å². The van der Waals surface area contributed by atoms with Gasteiger partial charge in [-0.15, -0.1) is 0 Å². The van der Waals surface area contributed by atoms with Crippen molar-refractivity contribution in [1.29, 1.82) is 0 Å². The minimum Gasteiger partial charge on any atom is -0.495 e. The molecule has 0 bridgehead atoms. The van der Waals surface area contributed by atoms with Gasteiger partial charge in [0.15, 0.2) is 5.75 Å². The number of nitrogens with zero attached hydrogens (tertiary/aromatic N) is 1. The molecule has 1 heterocycles. The normalized spacial score (nSPS) is 12.9. The van der Waals surface area contributed by atoms with Crippen LogP contribution in [0, 0.1) is 6.92 Å². The molecule has 2 aromatic carbocycles. The van der Waals surface area contributed by atoms with Gasteiger partial charge < -0.3 is 24.4 Å². The molecule has 0 aliphatic carbocycles. The van der Waals surface area contributed by atoms with Gasteiger partial charge in [-0.3, -0.25) is 4.79 Å². The fraction of sp³-hybridized carbons (Fsp3) is 0.263. The average Bonchev–Trinajstić information content (AvgIpc) is 2.62. The van der Waals surface area contributed by atoms with Crippen LogP contribution in [-0.2, 0) is 9.59 Å². The molecule has 0 unspecified atom stereocenters. The zero-order valence-corrected chi connectivity index (χ0v) is 15.9. The van der Waals surface area contributed by atoms with E-state index in [0.29, 0.717) is 33.6 Å². The summed E-state index contributed by atoms with van der Waals surface area (Å²) in [6.07, 6.45) is 0. The number of carbonyl (C=O) groups excluding carboxylic acids is 2. The SMILES string of the molecule is COc1cc(NC(=O)CN2CC(=O)Oc3cc(C)ccc32)c(OC)cc1Cl. The third-order valence-electron chi connectivity index (χ3n) is 4.08. The van der Waals surface area contributed by atoms with E-state index in [1.54, 1.807) is 23.1 Å². The molecule has 142 valence electrons. The highest BCUT2D eigenvalue weighted by molar-refractivity contribution is 6.32. The Morgan fingerprint density at radius 2 is 1.96 bits per heavy atom. The van der Waals surface area contributed by atoms with Crippen LogP contribution >= 0.6 is 11.6 Å². The van der Waals surface area contributed by atoms with Crippen LogP contribution in [0.5, 0.6) is 17.2 Å². The summed E-state index contributed by atoms with van der Waals surface area (Å²) in [6.45, 7) is 1.86. The molecule has 1 aliphatic heterocycles. The summed E-state index contributed by atoms with van der Waals surface area (Å²) in [7, 11) is 2.96. The van der Waals surface area contributed by atoms with Gasteiger partial charge in [-0.1, -0.05) is 17.7 Å².